The molecule has 2 N–H and O–H groups in total. The van der Waals surface area contributed by atoms with E-state index in [4.69, 9.17) is 11.6 Å². The molecule has 0 atom stereocenters. The number of hydrogen-bond acceptors (Lipinski definition) is 3. The van der Waals surface area contributed by atoms with Crippen LogP contribution in [0.5, 0.6) is 0 Å². The van der Waals surface area contributed by atoms with Crippen LogP contribution in [0.15, 0.2) is 30.6 Å². The van der Waals surface area contributed by atoms with Gasteiger partial charge in [0, 0.05) is 30.9 Å². The maximum absolute atomic E-state index is 11.2. The third-order valence-electron chi connectivity index (χ3n) is 3.94. The molecule has 22 heavy (non-hydrogen) atoms. The Balaban J connectivity index is 1.81. The Morgan fingerprint density at radius 1 is 1.50 bits per heavy atom. The van der Waals surface area contributed by atoms with E-state index in [1.807, 2.05) is 40.8 Å². The van der Waals surface area contributed by atoms with Gasteiger partial charge in [0.1, 0.15) is 5.82 Å². The first-order valence-electron chi connectivity index (χ1n) is 6.95. The van der Waals surface area contributed by atoms with Crippen molar-refractivity contribution in [3.63, 3.8) is 0 Å². The summed E-state index contributed by atoms with van der Waals surface area (Å²) in [7, 11) is 1.94. The van der Waals surface area contributed by atoms with Gasteiger partial charge in [-0.25, -0.2) is 0 Å². The van der Waals surface area contributed by atoms with Gasteiger partial charge in [-0.15, -0.1) is 0 Å². The lowest BCUT2D eigenvalue weighted by Crippen LogP contribution is -2.08. The minimum Gasteiger partial charge on any atom is -0.367 e. The first-order chi connectivity index (χ1) is 10.6. The number of fused-ring (bicyclic) bond motifs is 3. The van der Waals surface area contributed by atoms with Gasteiger partial charge >= 0.3 is 0 Å². The fourth-order valence-electron chi connectivity index (χ4n) is 2.99. The lowest BCUT2D eigenvalue weighted by molar-refractivity contribution is -0.112. The monoisotopic (exact) mass is 315 g/mol. The average Bonchev–Trinajstić information content (AvgIpc) is 3.15. The van der Waals surface area contributed by atoms with Crippen LogP contribution < -0.4 is 5.32 Å². The fourth-order valence-corrected chi connectivity index (χ4v) is 3.12. The van der Waals surface area contributed by atoms with Crippen LogP contribution in [0, 0.1) is 0 Å². The molecule has 4 heterocycles. The summed E-state index contributed by atoms with van der Waals surface area (Å²) in [6.07, 6.45) is 3.73. The molecule has 0 aromatic carbocycles. The van der Waals surface area contributed by atoms with Crippen LogP contribution in [-0.4, -0.2) is 24.6 Å². The molecule has 0 spiro atoms. The largest absolute Gasteiger partial charge is 0.367 e. The molecule has 1 aliphatic rings. The molecule has 1 aliphatic heterocycles. The van der Waals surface area contributed by atoms with Crippen LogP contribution in [0.3, 0.4) is 0 Å². The van der Waals surface area contributed by atoms with Crippen molar-refractivity contribution in [2.45, 2.75) is 13.1 Å². The van der Waals surface area contributed by atoms with Crippen LogP contribution in [0.2, 0.25) is 0 Å². The predicted molar refractivity (Wildman–Crippen MR) is 84.6 cm³/mol. The molecule has 0 saturated heterocycles. The van der Waals surface area contributed by atoms with E-state index in [-0.39, 0.29) is 11.8 Å². The number of carbonyl (C=O) groups is 1. The topological polar surface area (TPSA) is 67.6 Å². The van der Waals surface area contributed by atoms with Crippen LogP contribution in [0.4, 0.5) is 5.82 Å². The third kappa shape index (κ3) is 1.95. The number of aromatic amines is 1. The molecule has 0 saturated carbocycles. The second-order valence-corrected chi connectivity index (χ2v) is 5.77. The maximum atomic E-state index is 11.2. The highest BCUT2D eigenvalue weighted by Crippen LogP contribution is 2.38. The van der Waals surface area contributed by atoms with Crippen LogP contribution in [0.25, 0.3) is 22.6 Å². The van der Waals surface area contributed by atoms with E-state index in [1.165, 1.54) is 5.56 Å². The molecule has 3 aromatic heterocycles. The number of anilines is 1. The minimum atomic E-state index is -0.388. The van der Waals surface area contributed by atoms with E-state index in [0.717, 1.165) is 35.0 Å². The van der Waals surface area contributed by atoms with Gasteiger partial charge in [-0.3, -0.25) is 9.48 Å². The summed E-state index contributed by atoms with van der Waals surface area (Å²) in [5.41, 5.74) is 5.24. The van der Waals surface area contributed by atoms with Gasteiger partial charge in [0.15, 0.2) is 0 Å². The molecule has 112 valence electrons. The SMILES string of the molecule is Cn1ncc2c1-c1cc(-c3cccn3CC(=O)Cl)[nH]c1NC2. The van der Waals surface area contributed by atoms with Crippen molar-refractivity contribution >= 4 is 22.7 Å². The van der Waals surface area contributed by atoms with Crippen LogP contribution >= 0.6 is 11.6 Å². The zero-order chi connectivity index (χ0) is 15.3. The highest BCUT2D eigenvalue weighted by molar-refractivity contribution is 6.63. The first kappa shape index (κ1) is 13.2. The van der Waals surface area contributed by atoms with Gasteiger partial charge in [-0.2, -0.15) is 5.10 Å². The zero-order valence-electron chi connectivity index (χ0n) is 11.9. The third-order valence-corrected chi connectivity index (χ3v) is 4.06. The standard InChI is InChI=1S/C15H14ClN5O/c1-20-14-9(7-18-20)6-17-15-10(14)5-11(19-15)12-3-2-4-21(12)8-13(16)22/h2-5,7,17,19H,6,8H2,1H3. The van der Waals surface area contributed by atoms with Crippen molar-refractivity contribution in [1.82, 2.24) is 19.3 Å². The van der Waals surface area contributed by atoms with Crippen molar-refractivity contribution in [3.8, 4) is 22.6 Å². The summed E-state index contributed by atoms with van der Waals surface area (Å²) in [5.74, 6) is 0.969. The molecule has 0 fully saturated rings. The number of aromatic nitrogens is 4. The fraction of sp³-hybridized carbons (Fsp3) is 0.200. The molecule has 4 rings (SSSR count). The highest BCUT2D eigenvalue weighted by atomic mass is 35.5. The molecule has 0 amide bonds. The number of rotatable bonds is 3. The Hall–Kier alpha value is -2.47. The molecule has 6 nitrogen and oxygen atoms in total. The quantitative estimate of drug-likeness (QED) is 0.730. The van der Waals surface area contributed by atoms with E-state index in [2.05, 4.69) is 21.5 Å². The minimum absolute atomic E-state index is 0.151. The Morgan fingerprint density at radius 3 is 3.18 bits per heavy atom. The van der Waals surface area contributed by atoms with Crippen molar-refractivity contribution in [1.29, 1.82) is 0 Å². The Morgan fingerprint density at radius 2 is 2.36 bits per heavy atom. The molecule has 0 aliphatic carbocycles. The van der Waals surface area contributed by atoms with Crippen LogP contribution in [-0.2, 0) is 24.9 Å². The molecule has 7 heteroatoms. The lowest BCUT2D eigenvalue weighted by Gasteiger charge is -2.14. The number of nitrogens with zero attached hydrogens (tertiary/aromatic N) is 3. The van der Waals surface area contributed by atoms with Gasteiger partial charge in [0.2, 0.25) is 5.24 Å². The summed E-state index contributed by atoms with van der Waals surface area (Å²) in [6, 6.07) is 5.94. The van der Waals surface area contributed by atoms with Gasteiger partial charge in [0.25, 0.3) is 0 Å². The number of H-pyrrole nitrogens is 1. The normalized spacial score (nSPS) is 12.6. The van der Waals surface area contributed by atoms with E-state index >= 15 is 0 Å². The Kier molecular flexibility index (Phi) is 2.87. The van der Waals surface area contributed by atoms with Gasteiger partial charge in [0.05, 0.1) is 29.8 Å². The van der Waals surface area contributed by atoms with Crippen LogP contribution in [0.1, 0.15) is 5.56 Å². The summed E-state index contributed by atoms with van der Waals surface area (Å²) in [6.45, 7) is 0.898. The van der Waals surface area contributed by atoms with E-state index in [9.17, 15) is 4.79 Å². The first-order valence-corrected chi connectivity index (χ1v) is 7.33. The van der Waals surface area contributed by atoms with Gasteiger partial charge < -0.3 is 14.9 Å². The number of hydrogen-bond donors (Lipinski definition) is 2. The summed E-state index contributed by atoms with van der Waals surface area (Å²) in [4.78, 5) is 14.6. The van der Waals surface area contributed by atoms with E-state index in [0.29, 0.717) is 0 Å². The molecular weight excluding hydrogens is 302 g/mol. The van der Waals surface area contributed by atoms with Crippen molar-refractivity contribution < 1.29 is 4.79 Å². The van der Waals surface area contributed by atoms with Crippen molar-refractivity contribution in [2.24, 2.45) is 7.05 Å². The Labute approximate surface area is 131 Å². The van der Waals surface area contributed by atoms with E-state index in [1.54, 1.807) is 0 Å². The zero-order valence-corrected chi connectivity index (χ0v) is 12.7. The smallest absolute Gasteiger partial charge is 0.241 e. The number of halogens is 1. The number of nitrogens with one attached hydrogen (secondary N) is 2. The van der Waals surface area contributed by atoms with Crippen molar-refractivity contribution in [3.05, 3.63) is 36.2 Å². The lowest BCUT2D eigenvalue weighted by atomic mass is 10.1. The van der Waals surface area contributed by atoms with E-state index < -0.39 is 0 Å². The second kappa shape index (κ2) is 4.78. The number of carbonyl (C=O) groups excluding carboxylic acids is 1. The predicted octanol–water partition coefficient (Wildman–Crippen LogP) is 2.57. The van der Waals surface area contributed by atoms with Gasteiger partial charge in [-0.1, -0.05) is 0 Å². The molecule has 0 unspecified atom stereocenters. The second-order valence-electron chi connectivity index (χ2n) is 5.34. The molecule has 0 radical (unpaired) electrons. The summed E-state index contributed by atoms with van der Waals surface area (Å²) in [5, 5.41) is 7.30. The Bertz CT molecular complexity index is 873. The molecule has 0 bridgehead atoms. The number of aryl methyl sites for hydroxylation is 1. The highest BCUT2D eigenvalue weighted by Gasteiger charge is 2.23. The maximum Gasteiger partial charge on any atom is 0.241 e. The summed E-state index contributed by atoms with van der Waals surface area (Å²) < 4.78 is 3.71. The van der Waals surface area contributed by atoms with Crippen molar-refractivity contribution in [2.75, 3.05) is 5.32 Å². The average molecular weight is 316 g/mol. The molecular formula is C15H14ClN5O. The van der Waals surface area contributed by atoms with Gasteiger partial charge in [-0.05, 0) is 29.8 Å². The summed E-state index contributed by atoms with van der Waals surface area (Å²) >= 11 is 5.51. The molecule has 3 aromatic rings.